The number of carbonyl (C=O) groups excluding carboxylic acids is 1. The smallest absolute Gasteiger partial charge is 0.182 e. The number of ketones is 1. The predicted octanol–water partition coefficient (Wildman–Crippen LogP) is -0.373. The third-order valence-corrected chi connectivity index (χ3v) is 2.82. The molecule has 1 saturated carbocycles. The highest BCUT2D eigenvalue weighted by Gasteiger charge is 2.38. The van der Waals surface area contributed by atoms with Gasteiger partial charge in [0.15, 0.2) is 11.6 Å². The number of tetrazole rings is 1. The fourth-order valence-corrected chi connectivity index (χ4v) is 1.94. The van der Waals surface area contributed by atoms with Gasteiger partial charge in [0.1, 0.15) is 5.60 Å². The lowest BCUT2D eigenvalue weighted by atomic mass is 9.94. The van der Waals surface area contributed by atoms with Gasteiger partial charge in [-0.25, -0.2) is 0 Å². The lowest BCUT2D eigenvalue weighted by Crippen LogP contribution is -2.36. The van der Waals surface area contributed by atoms with Crippen LogP contribution in [0.2, 0.25) is 0 Å². The minimum Gasteiger partial charge on any atom is -0.382 e. The summed E-state index contributed by atoms with van der Waals surface area (Å²) in [6.07, 6.45) is 3.02. The van der Waals surface area contributed by atoms with E-state index in [0.717, 1.165) is 12.8 Å². The number of hydrogen-bond acceptors (Lipinski definition) is 5. The van der Waals surface area contributed by atoms with Crippen molar-refractivity contribution in [3.8, 4) is 0 Å². The van der Waals surface area contributed by atoms with E-state index < -0.39 is 5.60 Å². The van der Waals surface area contributed by atoms with E-state index >= 15 is 0 Å². The number of carbonyl (C=O) groups is 1. The zero-order valence-electron chi connectivity index (χ0n) is 8.68. The Bertz CT molecular complexity index is 368. The monoisotopic (exact) mass is 210 g/mol. The Balaban J connectivity index is 2.03. The molecule has 0 aromatic carbocycles. The number of aliphatic hydroxyl groups is 1. The van der Waals surface area contributed by atoms with E-state index in [-0.39, 0.29) is 12.2 Å². The maximum atomic E-state index is 11.8. The quantitative estimate of drug-likeness (QED) is 0.736. The molecular formula is C9H14N4O2. The number of aryl methyl sites for hydroxylation is 1. The summed E-state index contributed by atoms with van der Waals surface area (Å²) in [6, 6.07) is 0. The zero-order chi connectivity index (χ0) is 10.9. The summed E-state index contributed by atoms with van der Waals surface area (Å²) in [5, 5.41) is 21.3. The molecule has 0 aliphatic heterocycles. The van der Waals surface area contributed by atoms with Crippen molar-refractivity contribution in [2.75, 3.05) is 0 Å². The number of rotatable bonds is 3. The van der Waals surface area contributed by atoms with Crippen molar-refractivity contribution < 1.29 is 9.90 Å². The van der Waals surface area contributed by atoms with Crippen LogP contribution in [0, 0.1) is 0 Å². The van der Waals surface area contributed by atoms with E-state index in [1.54, 1.807) is 7.05 Å². The molecule has 0 radical (unpaired) electrons. The first-order chi connectivity index (χ1) is 7.10. The Morgan fingerprint density at radius 3 is 2.73 bits per heavy atom. The molecule has 6 nitrogen and oxygen atoms in total. The number of hydrogen-bond donors (Lipinski definition) is 1. The first kappa shape index (κ1) is 10.2. The van der Waals surface area contributed by atoms with Crippen LogP contribution in [0.1, 0.15) is 31.5 Å². The first-order valence-corrected chi connectivity index (χ1v) is 5.09. The summed E-state index contributed by atoms with van der Waals surface area (Å²) >= 11 is 0. The molecule has 0 saturated heterocycles. The summed E-state index contributed by atoms with van der Waals surface area (Å²) in [5.41, 5.74) is -1.14. The van der Waals surface area contributed by atoms with Crippen LogP contribution in [0.4, 0.5) is 0 Å². The summed E-state index contributed by atoms with van der Waals surface area (Å²) in [5.74, 6) is 0.191. The Morgan fingerprint density at radius 2 is 2.20 bits per heavy atom. The number of nitrogens with zero attached hydrogens (tertiary/aromatic N) is 4. The minimum absolute atomic E-state index is 0.0737. The summed E-state index contributed by atoms with van der Waals surface area (Å²) in [6.45, 7) is 0. The number of Topliss-reactive ketones (excluding diaryl/α,β-unsaturated/α-hetero) is 1. The van der Waals surface area contributed by atoms with Crippen molar-refractivity contribution in [3.63, 3.8) is 0 Å². The second-order valence-electron chi connectivity index (χ2n) is 4.03. The molecule has 0 spiro atoms. The predicted molar refractivity (Wildman–Crippen MR) is 50.9 cm³/mol. The van der Waals surface area contributed by atoms with Crippen LogP contribution in [-0.4, -0.2) is 36.7 Å². The summed E-state index contributed by atoms with van der Waals surface area (Å²) in [4.78, 5) is 13.1. The van der Waals surface area contributed by atoms with E-state index in [2.05, 4.69) is 15.4 Å². The SMILES string of the molecule is Cn1nnc(CC(=O)C2(O)CCCC2)n1. The lowest BCUT2D eigenvalue weighted by molar-refractivity contribution is -0.136. The highest BCUT2D eigenvalue weighted by molar-refractivity contribution is 5.88. The average molecular weight is 210 g/mol. The number of aromatic nitrogens is 4. The van der Waals surface area contributed by atoms with Gasteiger partial charge in [0.05, 0.1) is 13.5 Å². The molecule has 6 heteroatoms. The maximum Gasteiger partial charge on any atom is 0.182 e. The van der Waals surface area contributed by atoms with Crippen molar-refractivity contribution >= 4 is 5.78 Å². The van der Waals surface area contributed by atoms with E-state index in [4.69, 9.17) is 0 Å². The molecule has 1 aliphatic carbocycles. The second kappa shape index (κ2) is 3.69. The standard InChI is InChI=1S/C9H14N4O2/c1-13-11-8(10-12-13)6-7(14)9(15)4-2-3-5-9/h15H,2-6H2,1H3. The Labute approximate surface area is 87.3 Å². The van der Waals surface area contributed by atoms with Crippen LogP contribution in [0.15, 0.2) is 0 Å². The molecule has 15 heavy (non-hydrogen) atoms. The maximum absolute atomic E-state index is 11.8. The molecule has 0 atom stereocenters. The van der Waals surface area contributed by atoms with Gasteiger partial charge in [0.25, 0.3) is 0 Å². The second-order valence-corrected chi connectivity index (χ2v) is 4.03. The molecule has 1 aromatic heterocycles. The Kier molecular flexibility index (Phi) is 2.52. The van der Waals surface area contributed by atoms with Crippen molar-refractivity contribution in [3.05, 3.63) is 5.82 Å². The van der Waals surface area contributed by atoms with Crippen LogP contribution >= 0.6 is 0 Å². The molecule has 1 aliphatic rings. The Morgan fingerprint density at radius 1 is 1.53 bits per heavy atom. The lowest BCUT2D eigenvalue weighted by Gasteiger charge is -2.18. The van der Waals surface area contributed by atoms with Gasteiger partial charge in [-0.05, 0) is 30.9 Å². The van der Waals surface area contributed by atoms with Crippen LogP contribution < -0.4 is 0 Å². The van der Waals surface area contributed by atoms with Gasteiger partial charge < -0.3 is 5.11 Å². The van der Waals surface area contributed by atoms with Crippen molar-refractivity contribution in [1.29, 1.82) is 0 Å². The molecule has 2 rings (SSSR count). The van der Waals surface area contributed by atoms with Crippen LogP contribution in [-0.2, 0) is 18.3 Å². The van der Waals surface area contributed by atoms with Gasteiger partial charge in [-0.2, -0.15) is 4.80 Å². The molecule has 0 bridgehead atoms. The van der Waals surface area contributed by atoms with Gasteiger partial charge in [-0.1, -0.05) is 0 Å². The highest BCUT2D eigenvalue weighted by Crippen LogP contribution is 2.30. The van der Waals surface area contributed by atoms with Crippen molar-refractivity contribution in [2.45, 2.75) is 37.7 Å². The Hall–Kier alpha value is -1.30. The average Bonchev–Trinajstić information content (AvgIpc) is 2.76. The van der Waals surface area contributed by atoms with E-state index in [1.165, 1.54) is 4.80 Å². The first-order valence-electron chi connectivity index (χ1n) is 5.09. The van der Waals surface area contributed by atoms with Gasteiger partial charge in [0.2, 0.25) is 0 Å². The molecule has 1 aromatic rings. The van der Waals surface area contributed by atoms with E-state index in [1.807, 2.05) is 0 Å². The van der Waals surface area contributed by atoms with E-state index in [0.29, 0.717) is 18.7 Å². The fourth-order valence-electron chi connectivity index (χ4n) is 1.94. The molecular weight excluding hydrogens is 196 g/mol. The molecule has 1 N–H and O–H groups in total. The third-order valence-electron chi connectivity index (χ3n) is 2.82. The zero-order valence-corrected chi connectivity index (χ0v) is 8.68. The normalized spacial score (nSPS) is 19.3. The van der Waals surface area contributed by atoms with Crippen LogP contribution in [0.5, 0.6) is 0 Å². The molecule has 0 amide bonds. The van der Waals surface area contributed by atoms with Crippen LogP contribution in [0.3, 0.4) is 0 Å². The topological polar surface area (TPSA) is 80.9 Å². The van der Waals surface area contributed by atoms with Gasteiger partial charge >= 0.3 is 0 Å². The molecule has 82 valence electrons. The third kappa shape index (κ3) is 2.04. The van der Waals surface area contributed by atoms with Crippen LogP contribution in [0.25, 0.3) is 0 Å². The van der Waals surface area contributed by atoms with Gasteiger partial charge in [-0.15, -0.1) is 10.2 Å². The van der Waals surface area contributed by atoms with Gasteiger partial charge in [-0.3, -0.25) is 4.79 Å². The van der Waals surface area contributed by atoms with Gasteiger partial charge in [0, 0.05) is 0 Å². The van der Waals surface area contributed by atoms with Crippen molar-refractivity contribution in [1.82, 2.24) is 20.2 Å². The summed E-state index contributed by atoms with van der Waals surface area (Å²) < 4.78 is 0. The highest BCUT2D eigenvalue weighted by atomic mass is 16.3. The largest absolute Gasteiger partial charge is 0.382 e. The van der Waals surface area contributed by atoms with Crippen molar-refractivity contribution in [2.24, 2.45) is 7.05 Å². The molecule has 0 unspecified atom stereocenters. The summed E-state index contributed by atoms with van der Waals surface area (Å²) in [7, 11) is 1.64. The molecule has 1 fully saturated rings. The fraction of sp³-hybridized carbons (Fsp3) is 0.778. The minimum atomic E-state index is -1.14. The van der Waals surface area contributed by atoms with E-state index in [9.17, 15) is 9.90 Å². The molecule has 1 heterocycles.